The molecule has 0 aliphatic heterocycles. The van der Waals surface area contributed by atoms with Crippen molar-refractivity contribution < 1.29 is 13.6 Å². The molecule has 0 saturated carbocycles. The quantitative estimate of drug-likeness (QED) is 0.585. The summed E-state index contributed by atoms with van der Waals surface area (Å²) in [6.45, 7) is -2.74. The summed E-state index contributed by atoms with van der Waals surface area (Å²) >= 11 is 0. The van der Waals surface area contributed by atoms with Crippen molar-refractivity contribution in [2.45, 2.75) is 6.55 Å². The van der Waals surface area contributed by atoms with Crippen molar-refractivity contribution in [3.8, 4) is 0 Å². The van der Waals surface area contributed by atoms with E-state index < -0.39 is 6.55 Å². The molecule has 0 saturated heterocycles. The number of hydrogen-bond acceptors (Lipinski definition) is 2. The van der Waals surface area contributed by atoms with Crippen LogP contribution >= 0.6 is 0 Å². The molecule has 5 heteroatoms. The molecule has 1 aromatic heterocycles. The van der Waals surface area contributed by atoms with Gasteiger partial charge in [-0.1, -0.05) is 0 Å². The van der Waals surface area contributed by atoms with E-state index in [9.17, 15) is 13.6 Å². The molecule has 0 bridgehead atoms. The monoisotopic (exact) mass is 146 g/mol. The molecule has 0 aromatic carbocycles. The lowest BCUT2D eigenvalue weighted by Crippen LogP contribution is -2.03. The predicted molar refractivity (Wildman–Crippen MR) is 28.9 cm³/mol. The Hall–Kier alpha value is -1.26. The van der Waals surface area contributed by atoms with Crippen LogP contribution < -0.4 is 0 Å². The van der Waals surface area contributed by atoms with Crippen molar-refractivity contribution in [3.63, 3.8) is 0 Å². The van der Waals surface area contributed by atoms with E-state index in [0.717, 1.165) is 6.20 Å². The lowest BCUT2D eigenvalue weighted by atomic mass is 10.5. The number of carbonyl (C=O) groups excluding carboxylic acids is 1. The zero-order chi connectivity index (χ0) is 7.56. The van der Waals surface area contributed by atoms with Crippen LogP contribution in [0.1, 0.15) is 17.0 Å². The summed E-state index contributed by atoms with van der Waals surface area (Å²) in [4.78, 5) is 10.00. The van der Waals surface area contributed by atoms with Gasteiger partial charge >= 0.3 is 6.55 Å². The summed E-state index contributed by atoms with van der Waals surface area (Å²) in [6, 6.07) is 1.22. The van der Waals surface area contributed by atoms with Crippen molar-refractivity contribution in [1.29, 1.82) is 0 Å². The molecule has 1 aromatic rings. The molecule has 0 atom stereocenters. The third-order valence-electron chi connectivity index (χ3n) is 1.01. The number of halogens is 2. The summed E-state index contributed by atoms with van der Waals surface area (Å²) in [5.41, 5.74) is -0.116. The van der Waals surface area contributed by atoms with Gasteiger partial charge in [0.25, 0.3) is 0 Å². The van der Waals surface area contributed by atoms with Gasteiger partial charge < -0.3 is 0 Å². The molecule has 54 valence electrons. The first-order valence-electron chi connectivity index (χ1n) is 2.52. The molecular formula is C5H4F2N2O. The number of aromatic nitrogens is 2. The Morgan fingerprint density at radius 3 is 2.80 bits per heavy atom. The zero-order valence-electron chi connectivity index (χ0n) is 4.87. The van der Waals surface area contributed by atoms with E-state index in [2.05, 4.69) is 5.10 Å². The maximum Gasteiger partial charge on any atom is 0.333 e. The highest BCUT2D eigenvalue weighted by Gasteiger charge is 2.09. The van der Waals surface area contributed by atoms with Crippen LogP contribution in [0.3, 0.4) is 0 Å². The lowest BCUT2D eigenvalue weighted by Gasteiger charge is -1.98. The van der Waals surface area contributed by atoms with Crippen LogP contribution in [0.15, 0.2) is 12.3 Å². The number of carbonyl (C=O) groups is 1. The SMILES string of the molecule is O=Cc1ccnn1C(F)F. The third-order valence-corrected chi connectivity index (χ3v) is 1.01. The van der Waals surface area contributed by atoms with Crippen LogP contribution in [0.4, 0.5) is 8.78 Å². The fourth-order valence-electron chi connectivity index (χ4n) is 0.581. The van der Waals surface area contributed by atoms with Crippen LogP contribution in [-0.2, 0) is 0 Å². The first-order valence-corrected chi connectivity index (χ1v) is 2.52. The Bertz CT molecular complexity index is 233. The van der Waals surface area contributed by atoms with Crippen molar-refractivity contribution in [2.24, 2.45) is 0 Å². The molecule has 0 spiro atoms. The van der Waals surface area contributed by atoms with Gasteiger partial charge in [0.2, 0.25) is 0 Å². The second kappa shape index (κ2) is 2.55. The summed E-state index contributed by atoms with van der Waals surface area (Å²) in [6.07, 6.45) is 1.48. The second-order valence-electron chi connectivity index (χ2n) is 1.60. The third kappa shape index (κ3) is 1.02. The standard InChI is InChI=1S/C5H4F2N2O/c6-5(7)9-4(3-10)1-2-8-9/h1-3,5H. The van der Waals surface area contributed by atoms with Gasteiger partial charge in [-0.15, -0.1) is 0 Å². The molecule has 0 aliphatic carbocycles. The fourth-order valence-corrected chi connectivity index (χ4v) is 0.581. The van der Waals surface area contributed by atoms with Crippen molar-refractivity contribution in [2.75, 3.05) is 0 Å². The predicted octanol–water partition coefficient (Wildman–Crippen LogP) is 1.09. The minimum absolute atomic E-state index is 0.116. The Labute approximate surface area is 55.3 Å². The van der Waals surface area contributed by atoms with Gasteiger partial charge in [-0.3, -0.25) is 4.79 Å². The topological polar surface area (TPSA) is 34.9 Å². The second-order valence-corrected chi connectivity index (χ2v) is 1.60. The molecule has 0 radical (unpaired) electrons. The first kappa shape index (κ1) is 6.85. The number of hydrogen-bond donors (Lipinski definition) is 0. The van der Waals surface area contributed by atoms with Crippen LogP contribution in [-0.4, -0.2) is 16.1 Å². The summed E-state index contributed by atoms with van der Waals surface area (Å²) in [5.74, 6) is 0. The van der Waals surface area contributed by atoms with E-state index in [1.165, 1.54) is 6.07 Å². The van der Waals surface area contributed by atoms with E-state index in [-0.39, 0.29) is 5.69 Å². The maximum absolute atomic E-state index is 11.8. The molecule has 0 unspecified atom stereocenters. The molecule has 1 rings (SSSR count). The number of alkyl halides is 2. The van der Waals surface area contributed by atoms with E-state index in [4.69, 9.17) is 0 Å². The Morgan fingerprint density at radius 2 is 2.40 bits per heavy atom. The molecule has 0 aliphatic rings. The number of rotatable bonds is 2. The molecular weight excluding hydrogens is 142 g/mol. The van der Waals surface area contributed by atoms with E-state index >= 15 is 0 Å². The molecule has 0 N–H and O–H groups in total. The van der Waals surface area contributed by atoms with Gasteiger partial charge in [0.15, 0.2) is 6.29 Å². The van der Waals surface area contributed by atoms with Crippen molar-refractivity contribution in [3.05, 3.63) is 18.0 Å². The molecule has 0 fully saturated rings. The highest BCUT2D eigenvalue weighted by atomic mass is 19.3. The summed E-state index contributed by atoms with van der Waals surface area (Å²) in [5, 5.41) is 3.22. The molecule has 0 amide bonds. The first-order chi connectivity index (χ1) is 4.75. The number of nitrogens with zero attached hydrogens (tertiary/aromatic N) is 2. The summed E-state index contributed by atoms with van der Waals surface area (Å²) < 4.78 is 23.9. The average molecular weight is 146 g/mol. The van der Waals surface area contributed by atoms with Crippen LogP contribution in [0.2, 0.25) is 0 Å². The summed E-state index contributed by atoms with van der Waals surface area (Å²) in [7, 11) is 0. The van der Waals surface area contributed by atoms with Gasteiger partial charge in [-0.05, 0) is 6.07 Å². The van der Waals surface area contributed by atoms with Gasteiger partial charge in [0.05, 0.1) is 0 Å². The minimum atomic E-state index is -2.74. The van der Waals surface area contributed by atoms with E-state index in [1.54, 1.807) is 0 Å². The van der Waals surface area contributed by atoms with Gasteiger partial charge in [-0.2, -0.15) is 13.9 Å². The molecule has 3 nitrogen and oxygen atoms in total. The maximum atomic E-state index is 11.8. The van der Waals surface area contributed by atoms with Crippen molar-refractivity contribution in [1.82, 2.24) is 9.78 Å². The van der Waals surface area contributed by atoms with Crippen LogP contribution in [0.25, 0.3) is 0 Å². The highest BCUT2D eigenvalue weighted by molar-refractivity contribution is 5.71. The zero-order valence-corrected chi connectivity index (χ0v) is 4.87. The van der Waals surface area contributed by atoms with Crippen LogP contribution in [0.5, 0.6) is 0 Å². The fraction of sp³-hybridized carbons (Fsp3) is 0.200. The normalized spacial score (nSPS) is 10.3. The molecule has 1 heterocycles. The van der Waals surface area contributed by atoms with Crippen molar-refractivity contribution >= 4 is 6.29 Å². The van der Waals surface area contributed by atoms with E-state index in [0.29, 0.717) is 11.0 Å². The molecule has 10 heavy (non-hydrogen) atoms. The highest BCUT2D eigenvalue weighted by Crippen LogP contribution is 2.09. The van der Waals surface area contributed by atoms with Crippen LogP contribution in [0, 0.1) is 0 Å². The van der Waals surface area contributed by atoms with Gasteiger partial charge in [-0.25, -0.2) is 4.68 Å². The average Bonchev–Trinajstić information content (AvgIpc) is 2.33. The minimum Gasteiger partial charge on any atom is -0.296 e. The Morgan fingerprint density at radius 1 is 1.70 bits per heavy atom. The Balaban J connectivity index is 3.01. The lowest BCUT2D eigenvalue weighted by molar-refractivity contribution is 0.0533. The number of aldehydes is 1. The van der Waals surface area contributed by atoms with Gasteiger partial charge in [0.1, 0.15) is 5.69 Å². The largest absolute Gasteiger partial charge is 0.333 e. The van der Waals surface area contributed by atoms with E-state index in [1.807, 2.05) is 0 Å². The Kier molecular flexibility index (Phi) is 1.75. The van der Waals surface area contributed by atoms with Gasteiger partial charge in [0, 0.05) is 6.20 Å². The smallest absolute Gasteiger partial charge is 0.296 e.